The van der Waals surface area contributed by atoms with Crippen molar-refractivity contribution in [2.75, 3.05) is 30.8 Å². The van der Waals surface area contributed by atoms with E-state index in [2.05, 4.69) is 48.3 Å². The molecule has 0 spiro atoms. The van der Waals surface area contributed by atoms with E-state index >= 15 is 0 Å². The lowest BCUT2D eigenvalue weighted by Gasteiger charge is -2.30. The first kappa shape index (κ1) is 16.7. The zero-order chi connectivity index (χ0) is 15.2. The van der Waals surface area contributed by atoms with Gasteiger partial charge >= 0.3 is 0 Å². The van der Waals surface area contributed by atoms with Crippen molar-refractivity contribution in [3.63, 3.8) is 0 Å². The molecule has 0 fully saturated rings. The molecule has 20 heavy (non-hydrogen) atoms. The lowest BCUT2D eigenvalue weighted by atomic mass is 9.83. The van der Waals surface area contributed by atoms with Crippen LogP contribution in [0.1, 0.15) is 52.0 Å². The molecule has 0 radical (unpaired) electrons. The second-order valence-electron chi connectivity index (χ2n) is 5.61. The van der Waals surface area contributed by atoms with Crippen LogP contribution in [0, 0.1) is 5.41 Å². The molecule has 1 heterocycles. The van der Waals surface area contributed by atoms with Crippen LogP contribution in [0.2, 0.25) is 0 Å². The zero-order valence-corrected chi connectivity index (χ0v) is 13.3. The van der Waals surface area contributed by atoms with Gasteiger partial charge in [0, 0.05) is 24.6 Å². The van der Waals surface area contributed by atoms with E-state index in [-0.39, 0.29) is 12.0 Å². The minimum atomic E-state index is -0.0843. The molecule has 0 aliphatic rings. The van der Waals surface area contributed by atoms with E-state index in [0.717, 1.165) is 36.6 Å². The van der Waals surface area contributed by atoms with Crippen LogP contribution >= 0.6 is 0 Å². The molecule has 0 unspecified atom stereocenters. The molecule has 5 heteroatoms. The number of aliphatic hydroxyl groups is 1. The Balaban J connectivity index is 2.98. The lowest BCUT2D eigenvalue weighted by Crippen LogP contribution is -2.33. The summed E-state index contributed by atoms with van der Waals surface area (Å²) in [6.07, 6.45) is 3.44. The number of hydrogen-bond donors (Lipinski definition) is 3. The molecule has 1 aromatic rings. The quantitative estimate of drug-likeness (QED) is 0.683. The van der Waals surface area contributed by atoms with Crippen LogP contribution in [0.3, 0.4) is 0 Å². The van der Waals surface area contributed by atoms with Gasteiger partial charge in [-0.2, -0.15) is 0 Å². The molecule has 0 amide bonds. The van der Waals surface area contributed by atoms with E-state index in [1.54, 1.807) is 6.33 Å². The normalized spacial score (nSPS) is 11.8. The summed E-state index contributed by atoms with van der Waals surface area (Å²) in [7, 11) is 1.87. The standard InChI is InChI=1S/C15H28N4O/c1-6-15(7-2,9-20)8-17-14-12(11(3)4)13(16-5)18-10-19-14/h10-11,20H,6-9H2,1-5H3,(H2,16,17,18,19). The molecule has 0 saturated carbocycles. The molecular formula is C15H28N4O. The Hall–Kier alpha value is -1.36. The first-order chi connectivity index (χ1) is 9.53. The van der Waals surface area contributed by atoms with E-state index in [1.165, 1.54) is 0 Å². The highest BCUT2D eigenvalue weighted by molar-refractivity contribution is 5.58. The summed E-state index contributed by atoms with van der Waals surface area (Å²) >= 11 is 0. The second kappa shape index (κ2) is 7.43. The predicted octanol–water partition coefficient (Wildman–Crippen LogP) is 2.85. The number of nitrogens with one attached hydrogen (secondary N) is 2. The first-order valence-corrected chi connectivity index (χ1v) is 7.41. The highest BCUT2D eigenvalue weighted by Gasteiger charge is 2.26. The molecule has 0 saturated heterocycles. The summed E-state index contributed by atoms with van der Waals surface area (Å²) in [5.41, 5.74) is 1.01. The van der Waals surface area contributed by atoms with Gasteiger partial charge in [-0.15, -0.1) is 0 Å². The molecule has 0 aliphatic carbocycles. The summed E-state index contributed by atoms with van der Waals surface area (Å²) in [5.74, 6) is 2.05. The maximum atomic E-state index is 9.65. The van der Waals surface area contributed by atoms with Gasteiger partial charge < -0.3 is 15.7 Å². The van der Waals surface area contributed by atoms with Crippen molar-refractivity contribution in [1.29, 1.82) is 0 Å². The monoisotopic (exact) mass is 280 g/mol. The summed E-state index contributed by atoms with van der Waals surface area (Å²) in [4.78, 5) is 8.64. The third-order valence-electron chi connectivity index (χ3n) is 4.16. The van der Waals surface area contributed by atoms with Crippen molar-refractivity contribution in [3.8, 4) is 0 Å². The molecular weight excluding hydrogens is 252 g/mol. The average molecular weight is 280 g/mol. The van der Waals surface area contributed by atoms with Crippen LogP contribution in [0.15, 0.2) is 6.33 Å². The largest absolute Gasteiger partial charge is 0.396 e. The fraction of sp³-hybridized carbons (Fsp3) is 0.733. The van der Waals surface area contributed by atoms with Crippen LogP contribution < -0.4 is 10.6 Å². The van der Waals surface area contributed by atoms with Gasteiger partial charge in [-0.25, -0.2) is 9.97 Å². The number of aliphatic hydroxyl groups excluding tert-OH is 1. The topological polar surface area (TPSA) is 70.1 Å². The Labute approximate surface area is 122 Å². The Morgan fingerprint density at radius 1 is 1.20 bits per heavy atom. The van der Waals surface area contributed by atoms with Crippen LogP contribution in [0.4, 0.5) is 11.6 Å². The predicted molar refractivity (Wildman–Crippen MR) is 84.3 cm³/mol. The van der Waals surface area contributed by atoms with E-state index in [1.807, 2.05) is 7.05 Å². The average Bonchev–Trinajstić information content (AvgIpc) is 2.48. The van der Waals surface area contributed by atoms with Crippen molar-refractivity contribution in [3.05, 3.63) is 11.9 Å². The molecule has 0 aromatic carbocycles. The van der Waals surface area contributed by atoms with Gasteiger partial charge in [-0.05, 0) is 18.8 Å². The summed E-state index contributed by atoms with van der Waals surface area (Å²) in [6, 6.07) is 0. The molecule has 114 valence electrons. The molecule has 1 rings (SSSR count). The molecule has 3 N–H and O–H groups in total. The Bertz CT molecular complexity index is 408. The first-order valence-electron chi connectivity index (χ1n) is 7.41. The number of hydrogen-bond acceptors (Lipinski definition) is 5. The highest BCUT2D eigenvalue weighted by atomic mass is 16.3. The zero-order valence-electron chi connectivity index (χ0n) is 13.3. The minimum Gasteiger partial charge on any atom is -0.396 e. The summed E-state index contributed by atoms with van der Waals surface area (Å²) in [5, 5.41) is 16.2. The van der Waals surface area contributed by atoms with Crippen LogP contribution in [0.5, 0.6) is 0 Å². The van der Waals surface area contributed by atoms with Gasteiger partial charge in [0.25, 0.3) is 0 Å². The third-order valence-corrected chi connectivity index (χ3v) is 4.16. The maximum Gasteiger partial charge on any atom is 0.135 e. The maximum absolute atomic E-state index is 9.65. The summed E-state index contributed by atoms with van der Waals surface area (Å²) < 4.78 is 0. The molecule has 0 atom stereocenters. The van der Waals surface area contributed by atoms with Gasteiger partial charge in [0.05, 0.1) is 6.61 Å². The Morgan fingerprint density at radius 3 is 2.25 bits per heavy atom. The van der Waals surface area contributed by atoms with Gasteiger partial charge in [0.15, 0.2) is 0 Å². The van der Waals surface area contributed by atoms with E-state index in [0.29, 0.717) is 5.92 Å². The number of anilines is 2. The fourth-order valence-electron chi connectivity index (χ4n) is 2.33. The van der Waals surface area contributed by atoms with Gasteiger partial charge in [0.2, 0.25) is 0 Å². The molecule has 0 aliphatic heterocycles. The van der Waals surface area contributed by atoms with Gasteiger partial charge in [-0.1, -0.05) is 27.7 Å². The van der Waals surface area contributed by atoms with E-state index in [4.69, 9.17) is 0 Å². The van der Waals surface area contributed by atoms with E-state index in [9.17, 15) is 5.11 Å². The Kier molecular flexibility index (Phi) is 6.20. The molecule has 5 nitrogen and oxygen atoms in total. The van der Waals surface area contributed by atoms with Crippen molar-refractivity contribution >= 4 is 11.6 Å². The van der Waals surface area contributed by atoms with Gasteiger partial charge in [0.1, 0.15) is 18.0 Å². The van der Waals surface area contributed by atoms with E-state index < -0.39 is 0 Å². The number of rotatable bonds is 8. The second-order valence-corrected chi connectivity index (χ2v) is 5.61. The van der Waals surface area contributed by atoms with Crippen molar-refractivity contribution in [2.24, 2.45) is 5.41 Å². The lowest BCUT2D eigenvalue weighted by molar-refractivity contribution is 0.127. The van der Waals surface area contributed by atoms with Crippen molar-refractivity contribution in [1.82, 2.24) is 9.97 Å². The third kappa shape index (κ3) is 3.60. The number of aromatic nitrogens is 2. The van der Waals surface area contributed by atoms with Crippen LogP contribution in [-0.2, 0) is 0 Å². The van der Waals surface area contributed by atoms with Crippen LogP contribution in [0.25, 0.3) is 0 Å². The molecule has 1 aromatic heterocycles. The molecule has 0 bridgehead atoms. The van der Waals surface area contributed by atoms with Crippen molar-refractivity contribution in [2.45, 2.75) is 46.5 Å². The van der Waals surface area contributed by atoms with Crippen LogP contribution in [-0.4, -0.2) is 35.3 Å². The van der Waals surface area contributed by atoms with Crippen molar-refractivity contribution < 1.29 is 5.11 Å². The minimum absolute atomic E-state index is 0.0843. The fourth-order valence-corrected chi connectivity index (χ4v) is 2.33. The smallest absolute Gasteiger partial charge is 0.135 e. The number of nitrogens with zero attached hydrogens (tertiary/aromatic N) is 2. The summed E-state index contributed by atoms with van der Waals surface area (Å²) in [6.45, 7) is 9.39. The van der Waals surface area contributed by atoms with Gasteiger partial charge in [-0.3, -0.25) is 0 Å². The SMILES string of the molecule is CCC(CC)(CO)CNc1ncnc(NC)c1C(C)C. The highest BCUT2D eigenvalue weighted by Crippen LogP contribution is 2.30. The Morgan fingerprint density at radius 2 is 1.80 bits per heavy atom.